The Morgan fingerprint density at radius 2 is 2.00 bits per heavy atom. The third-order valence-corrected chi connectivity index (χ3v) is 2.62. The maximum absolute atomic E-state index is 11.5. The number of hydrogen-bond acceptors (Lipinski definition) is 2. The molecule has 19 heavy (non-hydrogen) atoms. The molecule has 0 atom stereocenters. The van der Waals surface area contributed by atoms with Crippen molar-refractivity contribution in [2.75, 3.05) is 13.6 Å². The number of hydrogen-bond donors (Lipinski definition) is 2. The van der Waals surface area contributed by atoms with E-state index in [0.29, 0.717) is 6.54 Å². The van der Waals surface area contributed by atoms with E-state index in [9.17, 15) is 4.79 Å². The summed E-state index contributed by atoms with van der Waals surface area (Å²) in [5.41, 5.74) is 2.89. The summed E-state index contributed by atoms with van der Waals surface area (Å²) in [6.45, 7) is 6.36. The molecule has 0 spiro atoms. The number of carbonyl (C=O) groups excluding carboxylic acids is 1. The van der Waals surface area contributed by atoms with E-state index in [1.54, 1.807) is 6.08 Å². The molecule has 0 unspecified atom stereocenters. The van der Waals surface area contributed by atoms with Crippen molar-refractivity contribution in [2.24, 2.45) is 0 Å². The van der Waals surface area contributed by atoms with Gasteiger partial charge in [-0.05, 0) is 24.1 Å². The zero-order chi connectivity index (χ0) is 14.1. The van der Waals surface area contributed by atoms with Crippen LogP contribution in [0.5, 0.6) is 0 Å². The summed E-state index contributed by atoms with van der Waals surface area (Å²) in [6.07, 6.45) is 7.11. The smallest absolute Gasteiger partial charge is 0.244 e. The van der Waals surface area contributed by atoms with Gasteiger partial charge in [-0.15, -0.1) is 0 Å². The summed E-state index contributed by atoms with van der Waals surface area (Å²) in [5.74, 6) is -0.0955. The molecule has 1 rings (SSSR count). The largest absolute Gasteiger partial charge is 0.388 e. The molecule has 0 aliphatic heterocycles. The Hall–Kier alpha value is -2.29. The molecule has 0 aliphatic carbocycles. The van der Waals surface area contributed by atoms with Gasteiger partial charge in [-0.3, -0.25) is 4.79 Å². The molecule has 1 amide bonds. The maximum atomic E-state index is 11.5. The van der Waals surface area contributed by atoms with Crippen LogP contribution in [0.4, 0.5) is 0 Å². The second-order valence-corrected chi connectivity index (χ2v) is 4.00. The first-order valence-corrected chi connectivity index (χ1v) is 6.21. The monoisotopic (exact) mass is 256 g/mol. The standard InChI is InChI=1S/C16H20N2O/c1-4-5-12-18-16(19)11-8-14-6-9-15(10-7-14)13(2)17-3/h4-11,17H,2,12H2,1,3H3,(H,18,19)/b5-4+,11-8+. The van der Waals surface area contributed by atoms with Crippen LogP contribution >= 0.6 is 0 Å². The third kappa shape index (κ3) is 5.25. The van der Waals surface area contributed by atoms with Crippen LogP contribution in [-0.4, -0.2) is 19.5 Å². The zero-order valence-corrected chi connectivity index (χ0v) is 11.4. The second-order valence-electron chi connectivity index (χ2n) is 4.00. The van der Waals surface area contributed by atoms with E-state index in [0.717, 1.165) is 16.8 Å². The van der Waals surface area contributed by atoms with Crippen LogP contribution in [0.3, 0.4) is 0 Å². The Morgan fingerprint density at radius 3 is 2.58 bits per heavy atom. The second kappa shape index (κ2) is 7.93. The molecule has 0 aliphatic rings. The first-order chi connectivity index (χ1) is 9.17. The van der Waals surface area contributed by atoms with E-state index >= 15 is 0 Å². The van der Waals surface area contributed by atoms with Crippen molar-refractivity contribution in [3.8, 4) is 0 Å². The molecule has 100 valence electrons. The lowest BCUT2D eigenvalue weighted by Gasteiger charge is -2.04. The lowest BCUT2D eigenvalue weighted by atomic mass is 10.1. The zero-order valence-electron chi connectivity index (χ0n) is 11.4. The molecule has 0 radical (unpaired) electrons. The van der Waals surface area contributed by atoms with E-state index in [4.69, 9.17) is 0 Å². The van der Waals surface area contributed by atoms with E-state index in [1.165, 1.54) is 6.08 Å². The summed E-state index contributed by atoms with van der Waals surface area (Å²) in [7, 11) is 1.84. The maximum Gasteiger partial charge on any atom is 0.244 e. The van der Waals surface area contributed by atoms with E-state index in [2.05, 4.69) is 17.2 Å². The first-order valence-electron chi connectivity index (χ1n) is 6.21. The van der Waals surface area contributed by atoms with Crippen LogP contribution in [0.2, 0.25) is 0 Å². The van der Waals surface area contributed by atoms with Crippen molar-refractivity contribution in [3.63, 3.8) is 0 Å². The van der Waals surface area contributed by atoms with Gasteiger partial charge in [-0.2, -0.15) is 0 Å². The molecule has 2 N–H and O–H groups in total. The molecular formula is C16H20N2O. The fourth-order valence-corrected chi connectivity index (χ4v) is 1.45. The topological polar surface area (TPSA) is 41.1 Å². The Balaban J connectivity index is 2.57. The summed E-state index contributed by atoms with van der Waals surface area (Å²) in [6, 6.07) is 7.84. The highest BCUT2D eigenvalue weighted by Gasteiger charge is 1.96. The SMILES string of the molecule is C=C(NC)c1ccc(/C=C/C(=O)NC/C=C/C)cc1. The van der Waals surface area contributed by atoms with Crippen LogP contribution < -0.4 is 10.6 Å². The van der Waals surface area contributed by atoms with E-state index in [1.807, 2.05) is 50.4 Å². The Kier molecular flexibility index (Phi) is 6.16. The average Bonchev–Trinajstić information content (AvgIpc) is 2.45. The Morgan fingerprint density at radius 1 is 1.32 bits per heavy atom. The number of allylic oxidation sites excluding steroid dienone is 1. The van der Waals surface area contributed by atoms with Gasteiger partial charge < -0.3 is 10.6 Å². The molecule has 0 bridgehead atoms. The van der Waals surface area contributed by atoms with E-state index < -0.39 is 0 Å². The van der Waals surface area contributed by atoms with Crippen molar-refractivity contribution in [3.05, 3.63) is 60.2 Å². The highest BCUT2D eigenvalue weighted by molar-refractivity contribution is 5.91. The average molecular weight is 256 g/mol. The van der Waals surface area contributed by atoms with Gasteiger partial charge in [0.2, 0.25) is 5.91 Å². The van der Waals surface area contributed by atoms with Crippen molar-refractivity contribution in [1.82, 2.24) is 10.6 Å². The molecule has 0 saturated carbocycles. The number of benzene rings is 1. The molecule has 0 saturated heterocycles. The number of amides is 1. The van der Waals surface area contributed by atoms with Crippen molar-refractivity contribution < 1.29 is 4.79 Å². The summed E-state index contributed by atoms with van der Waals surface area (Å²) < 4.78 is 0. The molecule has 1 aromatic carbocycles. The highest BCUT2D eigenvalue weighted by atomic mass is 16.1. The Labute approximate surface area is 114 Å². The lowest BCUT2D eigenvalue weighted by molar-refractivity contribution is -0.116. The van der Waals surface area contributed by atoms with Crippen LogP contribution in [-0.2, 0) is 4.79 Å². The predicted octanol–water partition coefficient (Wildman–Crippen LogP) is 2.58. The number of rotatable bonds is 6. The summed E-state index contributed by atoms with van der Waals surface area (Å²) in [4.78, 5) is 11.5. The molecular weight excluding hydrogens is 236 g/mol. The van der Waals surface area contributed by atoms with Crippen LogP contribution in [0.1, 0.15) is 18.1 Å². The van der Waals surface area contributed by atoms with Crippen LogP contribution in [0.25, 0.3) is 11.8 Å². The van der Waals surface area contributed by atoms with Crippen molar-refractivity contribution >= 4 is 17.7 Å². The van der Waals surface area contributed by atoms with Gasteiger partial charge in [0.1, 0.15) is 0 Å². The minimum absolute atomic E-state index is 0.0955. The first kappa shape index (κ1) is 14.8. The molecule has 1 aromatic rings. The molecule has 3 nitrogen and oxygen atoms in total. The predicted molar refractivity (Wildman–Crippen MR) is 81.4 cm³/mol. The lowest BCUT2D eigenvalue weighted by Crippen LogP contribution is -2.20. The van der Waals surface area contributed by atoms with Crippen LogP contribution in [0, 0.1) is 0 Å². The minimum atomic E-state index is -0.0955. The fraction of sp³-hybridized carbons (Fsp3) is 0.188. The van der Waals surface area contributed by atoms with Gasteiger partial charge in [-0.25, -0.2) is 0 Å². The number of carbonyl (C=O) groups is 1. The molecule has 0 aromatic heterocycles. The van der Waals surface area contributed by atoms with Gasteiger partial charge in [0.05, 0.1) is 0 Å². The van der Waals surface area contributed by atoms with Gasteiger partial charge >= 0.3 is 0 Å². The number of nitrogens with one attached hydrogen (secondary N) is 2. The van der Waals surface area contributed by atoms with Gasteiger partial charge in [0, 0.05) is 25.4 Å². The van der Waals surface area contributed by atoms with Crippen LogP contribution in [0.15, 0.2) is 49.1 Å². The molecule has 0 heterocycles. The van der Waals surface area contributed by atoms with Gasteiger partial charge in [0.25, 0.3) is 0 Å². The summed E-state index contributed by atoms with van der Waals surface area (Å²) in [5, 5.41) is 5.75. The highest BCUT2D eigenvalue weighted by Crippen LogP contribution is 2.11. The summed E-state index contributed by atoms with van der Waals surface area (Å²) >= 11 is 0. The minimum Gasteiger partial charge on any atom is -0.388 e. The normalized spacial score (nSPS) is 10.8. The van der Waals surface area contributed by atoms with Gasteiger partial charge in [-0.1, -0.05) is 43.0 Å². The molecule has 3 heteroatoms. The molecule has 0 fully saturated rings. The quantitative estimate of drug-likeness (QED) is 0.607. The van der Waals surface area contributed by atoms with Crippen molar-refractivity contribution in [2.45, 2.75) is 6.92 Å². The van der Waals surface area contributed by atoms with E-state index in [-0.39, 0.29) is 5.91 Å². The fourth-order valence-electron chi connectivity index (χ4n) is 1.45. The third-order valence-electron chi connectivity index (χ3n) is 2.62. The Bertz CT molecular complexity index is 484. The van der Waals surface area contributed by atoms with Gasteiger partial charge in [0.15, 0.2) is 0 Å². The van der Waals surface area contributed by atoms with Crippen molar-refractivity contribution in [1.29, 1.82) is 0 Å².